The van der Waals surface area contributed by atoms with Crippen LogP contribution in [0.15, 0.2) is 54.6 Å². The monoisotopic (exact) mass is 401 g/mol. The Labute approximate surface area is 180 Å². The third-order valence-corrected chi connectivity index (χ3v) is 8.24. The molecule has 0 amide bonds. The second-order valence-electron chi connectivity index (χ2n) is 10.0. The van der Waals surface area contributed by atoms with Crippen molar-refractivity contribution in [2.75, 3.05) is 32.7 Å². The van der Waals surface area contributed by atoms with E-state index in [1.165, 1.54) is 79.5 Å². The summed E-state index contributed by atoms with van der Waals surface area (Å²) in [6, 6.07) is 16.1. The van der Waals surface area contributed by atoms with Gasteiger partial charge in [0, 0.05) is 39.8 Å². The number of quaternary nitrogens is 2. The highest BCUT2D eigenvalue weighted by Gasteiger charge is 2.38. The molecule has 2 aromatic carbocycles. The quantitative estimate of drug-likeness (QED) is 0.610. The van der Waals surface area contributed by atoms with Gasteiger partial charge < -0.3 is 14.4 Å². The minimum Gasteiger partial charge on any atom is -0.341 e. The van der Waals surface area contributed by atoms with Crippen LogP contribution in [0.2, 0.25) is 0 Å². The van der Waals surface area contributed by atoms with Crippen LogP contribution in [0, 0.1) is 17.8 Å². The molecule has 2 aliphatic carbocycles. The van der Waals surface area contributed by atoms with Gasteiger partial charge in [0.25, 0.3) is 0 Å². The van der Waals surface area contributed by atoms with Gasteiger partial charge in [-0.3, -0.25) is 0 Å². The predicted molar refractivity (Wildman–Crippen MR) is 124 cm³/mol. The number of fused-ring (bicyclic) bond motifs is 5. The summed E-state index contributed by atoms with van der Waals surface area (Å²) in [6.07, 6.45) is 7.91. The normalized spacial score (nSPS) is 30.6. The van der Waals surface area contributed by atoms with Gasteiger partial charge in [-0.25, -0.2) is 0 Å². The van der Waals surface area contributed by atoms with Crippen LogP contribution in [-0.4, -0.2) is 37.3 Å². The summed E-state index contributed by atoms with van der Waals surface area (Å²) in [6.45, 7) is 11.2. The lowest BCUT2D eigenvalue weighted by Gasteiger charge is -2.32. The Morgan fingerprint density at radius 3 is 2.43 bits per heavy atom. The van der Waals surface area contributed by atoms with Crippen molar-refractivity contribution in [3.63, 3.8) is 0 Å². The number of hydrogen-bond donors (Lipinski definition) is 2. The third kappa shape index (κ3) is 3.19. The zero-order valence-electron chi connectivity index (χ0n) is 18.2. The number of nitrogens with one attached hydrogen (secondary N) is 2. The Morgan fingerprint density at radius 2 is 1.67 bits per heavy atom. The van der Waals surface area contributed by atoms with Gasteiger partial charge in [0.05, 0.1) is 6.54 Å². The van der Waals surface area contributed by atoms with Crippen LogP contribution in [0.25, 0.3) is 21.8 Å². The first-order valence-electron chi connectivity index (χ1n) is 12.1. The van der Waals surface area contributed by atoms with Crippen molar-refractivity contribution in [3.05, 3.63) is 60.2 Å². The van der Waals surface area contributed by atoms with E-state index in [2.05, 4.69) is 66.1 Å². The average Bonchev–Trinajstić information content (AvgIpc) is 3.48. The fourth-order valence-electron chi connectivity index (χ4n) is 6.68. The van der Waals surface area contributed by atoms with Crippen molar-refractivity contribution in [2.24, 2.45) is 17.8 Å². The van der Waals surface area contributed by atoms with Crippen molar-refractivity contribution < 1.29 is 9.80 Å². The molecule has 156 valence electrons. The van der Waals surface area contributed by atoms with E-state index in [0.29, 0.717) is 0 Å². The number of para-hydroxylation sites is 1. The lowest BCUT2D eigenvalue weighted by Crippen LogP contribution is -3.27. The Bertz CT molecular complexity index is 1090. The van der Waals surface area contributed by atoms with Crippen LogP contribution >= 0.6 is 0 Å². The van der Waals surface area contributed by atoms with Gasteiger partial charge in [0.15, 0.2) is 0 Å². The number of rotatable bonds is 5. The topological polar surface area (TPSA) is 13.8 Å². The lowest BCUT2D eigenvalue weighted by atomic mass is 9.93. The highest BCUT2D eigenvalue weighted by molar-refractivity contribution is 6.08. The molecule has 2 bridgehead atoms. The number of aromatic nitrogens is 1. The number of hydrogen-bond acceptors (Lipinski definition) is 0. The number of piperazine rings is 1. The maximum Gasteiger partial charge on any atom is 0.127 e. The minimum absolute atomic E-state index is 0.907. The van der Waals surface area contributed by atoms with Crippen molar-refractivity contribution in [3.8, 4) is 0 Å². The zero-order valence-corrected chi connectivity index (χ0v) is 18.2. The molecular weight excluding hydrogens is 366 g/mol. The molecule has 3 heteroatoms. The lowest BCUT2D eigenvalue weighted by molar-refractivity contribution is -1.02. The molecular formula is C27H35N3+2. The maximum atomic E-state index is 2.52. The van der Waals surface area contributed by atoms with E-state index in [-0.39, 0.29) is 0 Å². The molecule has 1 aromatic heterocycles. The summed E-state index contributed by atoms with van der Waals surface area (Å²) in [4.78, 5) is 3.64. The SMILES string of the molecule is CCn1c2ccccc2c2cc(C[NH+]3CC[NH+](C[C@@H]4C[C@@H]5C=C[C@H]4C5)CC3)ccc21. The van der Waals surface area contributed by atoms with Crippen LogP contribution in [0.5, 0.6) is 0 Å². The first kappa shape index (κ1) is 18.7. The van der Waals surface area contributed by atoms with E-state index in [1.807, 2.05) is 4.90 Å². The van der Waals surface area contributed by atoms with Gasteiger partial charge in [-0.1, -0.05) is 36.4 Å². The molecule has 1 saturated heterocycles. The highest BCUT2D eigenvalue weighted by Crippen LogP contribution is 2.42. The summed E-state index contributed by atoms with van der Waals surface area (Å²) < 4.78 is 2.45. The predicted octanol–water partition coefficient (Wildman–Crippen LogP) is 2.31. The molecule has 0 spiro atoms. The Kier molecular flexibility index (Phi) is 4.69. The fraction of sp³-hybridized carbons (Fsp3) is 0.481. The molecule has 2 heterocycles. The number of aryl methyl sites for hydroxylation is 1. The van der Waals surface area contributed by atoms with Gasteiger partial charge in [-0.15, -0.1) is 0 Å². The van der Waals surface area contributed by atoms with E-state index < -0.39 is 0 Å². The Morgan fingerprint density at radius 1 is 0.867 bits per heavy atom. The number of nitrogens with zero attached hydrogens (tertiary/aromatic N) is 1. The molecule has 3 aliphatic rings. The summed E-state index contributed by atoms with van der Waals surface area (Å²) in [7, 11) is 0. The first-order chi connectivity index (χ1) is 14.8. The molecule has 3 atom stereocenters. The van der Waals surface area contributed by atoms with Crippen LogP contribution < -0.4 is 9.80 Å². The van der Waals surface area contributed by atoms with Gasteiger partial charge >= 0.3 is 0 Å². The van der Waals surface area contributed by atoms with Crippen LogP contribution in [0.3, 0.4) is 0 Å². The maximum absolute atomic E-state index is 2.52. The van der Waals surface area contributed by atoms with Crippen LogP contribution in [-0.2, 0) is 13.1 Å². The van der Waals surface area contributed by atoms with Crippen molar-refractivity contribution in [2.45, 2.75) is 32.9 Å². The van der Waals surface area contributed by atoms with Gasteiger partial charge in [-0.05, 0) is 49.8 Å². The molecule has 1 aliphatic heterocycles. The van der Waals surface area contributed by atoms with Gasteiger partial charge in [-0.2, -0.15) is 0 Å². The summed E-state index contributed by atoms with van der Waals surface area (Å²) in [5, 5.41) is 2.83. The van der Waals surface area contributed by atoms with Crippen molar-refractivity contribution >= 4 is 21.8 Å². The number of allylic oxidation sites excluding steroid dienone is 2. The van der Waals surface area contributed by atoms with Crippen LogP contribution in [0.1, 0.15) is 25.3 Å². The summed E-state index contributed by atoms with van der Waals surface area (Å²) in [5.74, 6) is 2.79. The Balaban J connectivity index is 1.13. The minimum atomic E-state index is 0.907. The molecule has 2 N–H and O–H groups in total. The molecule has 3 nitrogen and oxygen atoms in total. The molecule has 6 rings (SSSR count). The smallest absolute Gasteiger partial charge is 0.127 e. The van der Waals surface area contributed by atoms with E-state index in [4.69, 9.17) is 0 Å². The standard InChI is InChI=1S/C27H33N3/c1-2-30-26-6-4-3-5-24(26)25-17-21(8-10-27(25)30)18-28-11-13-29(14-12-28)19-23-16-20-7-9-22(23)15-20/h3-10,17,20,22-23H,2,11-16,18-19H2,1H3/p+2/t20-,22+,23+/m1/s1. The molecule has 3 aromatic rings. The third-order valence-electron chi connectivity index (χ3n) is 8.24. The molecule has 0 unspecified atom stereocenters. The van der Waals surface area contributed by atoms with E-state index >= 15 is 0 Å². The fourth-order valence-corrected chi connectivity index (χ4v) is 6.68. The van der Waals surface area contributed by atoms with Gasteiger partial charge in [0.1, 0.15) is 32.7 Å². The van der Waals surface area contributed by atoms with E-state index in [1.54, 1.807) is 4.90 Å². The second-order valence-corrected chi connectivity index (χ2v) is 10.0. The first-order valence-corrected chi connectivity index (χ1v) is 12.1. The molecule has 0 radical (unpaired) electrons. The Hall–Kier alpha value is -2.10. The van der Waals surface area contributed by atoms with Crippen molar-refractivity contribution in [1.82, 2.24) is 4.57 Å². The summed E-state index contributed by atoms with van der Waals surface area (Å²) in [5.41, 5.74) is 4.25. The molecule has 1 saturated carbocycles. The largest absolute Gasteiger partial charge is 0.341 e. The molecule has 2 fully saturated rings. The van der Waals surface area contributed by atoms with Crippen LogP contribution in [0.4, 0.5) is 0 Å². The molecule has 30 heavy (non-hydrogen) atoms. The van der Waals surface area contributed by atoms with E-state index in [9.17, 15) is 0 Å². The highest BCUT2D eigenvalue weighted by atomic mass is 15.3. The zero-order chi connectivity index (χ0) is 20.1. The summed E-state index contributed by atoms with van der Waals surface area (Å²) >= 11 is 0. The average molecular weight is 402 g/mol. The second kappa shape index (κ2) is 7.55. The van der Waals surface area contributed by atoms with E-state index in [0.717, 1.165) is 24.3 Å². The van der Waals surface area contributed by atoms with Crippen molar-refractivity contribution in [1.29, 1.82) is 0 Å². The number of benzene rings is 2. The van der Waals surface area contributed by atoms with Gasteiger partial charge in [0.2, 0.25) is 0 Å².